The maximum Gasteiger partial charge on any atom is 0.407 e. The van der Waals surface area contributed by atoms with E-state index in [1.54, 1.807) is 18.2 Å². The number of fused-ring (bicyclic) bond motifs is 3. The van der Waals surface area contributed by atoms with Crippen LogP contribution in [0.1, 0.15) is 35.1 Å². The van der Waals surface area contributed by atoms with Crippen molar-refractivity contribution in [3.05, 3.63) is 83.4 Å². The molecule has 3 aromatic carbocycles. The summed E-state index contributed by atoms with van der Waals surface area (Å²) in [6.07, 6.45) is -2.68. The van der Waals surface area contributed by atoms with Crippen molar-refractivity contribution < 1.29 is 24.5 Å². The molecule has 0 aromatic heterocycles. The molecular formula is C26H28N2O5. The fraction of sp³-hybridized carbons (Fsp3) is 0.269. The number of carbonyl (C=O) groups is 1. The Bertz CT molecular complexity index is 1090. The largest absolute Gasteiger partial charge is 0.497 e. The monoisotopic (exact) mass is 448 g/mol. The molecule has 2 atom stereocenters. The number of amides is 1. The summed E-state index contributed by atoms with van der Waals surface area (Å²) in [7, 11) is 1.50. The normalized spacial score (nSPS) is 14.2. The van der Waals surface area contributed by atoms with Gasteiger partial charge in [0.05, 0.1) is 13.2 Å². The van der Waals surface area contributed by atoms with Gasteiger partial charge in [0, 0.05) is 24.2 Å². The highest BCUT2D eigenvalue weighted by Crippen LogP contribution is 2.44. The number of hydrogen-bond donors (Lipinski definition) is 4. The van der Waals surface area contributed by atoms with Crippen LogP contribution in [-0.4, -0.2) is 42.7 Å². The van der Waals surface area contributed by atoms with Crippen LogP contribution < -0.4 is 15.8 Å². The second kappa shape index (κ2) is 9.94. The van der Waals surface area contributed by atoms with Crippen molar-refractivity contribution in [1.82, 2.24) is 5.32 Å². The number of nitrogen functional groups attached to an aromatic ring is 1. The number of methoxy groups -OCH3 is 1. The second-order valence-corrected chi connectivity index (χ2v) is 8.09. The Kier molecular flexibility index (Phi) is 6.82. The van der Waals surface area contributed by atoms with Gasteiger partial charge in [-0.2, -0.15) is 0 Å². The minimum atomic E-state index is -1.16. The molecule has 0 saturated heterocycles. The molecule has 172 valence electrons. The number of rotatable bonds is 8. The van der Waals surface area contributed by atoms with Gasteiger partial charge in [0.25, 0.3) is 0 Å². The molecule has 1 amide bonds. The smallest absolute Gasteiger partial charge is 0.407 e. The van der Waals surface area contributed by atoms with Crippen LogP contribution in [0.15, 0.2) is 66.7 Å². The molecule has 2 unspecified atom stereocenters. The van der Waals surface area contributed by atoms with Gasteiger partial charge < -0.3 is 30.7 Å². The van der Waals surface area contributed by atoms with Crippen molar-refractivity contribution in [3.63, 3.8) is 0 Å². The van der Waals surface area contributed by atoms with Crippen LogP contribution in [0.25, 0.3) is 11.1 Å². The zero-order chi connectivity index (χ0) is 23.4. The van der Waals surface area contributed by atoms with E-state index in [1.807, 2.05) is 24.3 Å². The molecule has 33 heavy (non-hydrogen) atoms. The predicted molar refractivity (Wildman–Crippen MR) is 126 cm³/mol. The van der Waals surface area contributed by atoms with E-state index in [-0.39, 0.29) is 25.5 Å². The third-order valence-corrected chi connectivity index (χ3v) is 5.95. The van der Waals surface area contributed by atoms with Gasteiger partial charge in [-0.25, -0.2) is 4.79 Å². The fourth-order valence-electron chi connectivity index (χ4n) is 4.29. The van der Waals surface area contributed by atoms with Crippen molar-refractivity contribution >= 4 is 11.8 Å². The number of ether oxygens (including phenoxy) is 2. The highest BCUT2D eigenvalue weighted by atomic mass is 16.5. The molecule has 3 aromatic rings. The van der Waals surface area contributed by atoms with Crippen LogP contribution in [0.3, 0.4) is 0 Å². The molecule has 0 spiro atoms. The lowest BCUT2D eigenvalue weighted by atomic mass is 9.98. The van der Waals surface area contributed by atoms with E-state index in [4.69, 9.17) is 15.2 Å². The summed E-state index contributed by atoms with van der Waals surface area (Å²) < 4.78 is 10.6. The Hall–Kier alpha value is -3.55. The van der Waals surface area contributed by atoms with Gasteiger partial charge in [-0.05, 0) is 46.4 Å². The summed E-state index contributed by atoms with van der Waals surface area (Å²) in [5.74, 6) is 0.474. The predicted octanol–water partition coefficient (Wildman–Crippen LogP) is 3.60. The van der Waals surface area contributed by atoms with Gasteiger partial charge in [-0.3, -0.25) is 0 Å². The number of alkyl carbamates (subject to hydrolysis) is 1. The molecule has 0 fully saturated rings. The summed E-state index contributed by atoms with van der Waals surface area (Å²) in [5.41, 5.74) is 11.3. The molecule has 4 rings (SSSR count). The Balaban J connectivity index is 1.29. The topological polar surface area (TPSA) is 114 Å². The van der Waals surface area contributed by atoms with Gasteiger partial charge in [0.2, 0.25) is 0 Å². The van der Waals surface area contributed by atoms with Gasteiger partial charge in [0.1, 0.15) is 18.5 Å². The average molecular weight is 449 g/mol. The third-order valence-electron chi connectivity index (χ3n) is 5.95. The Morgan fingerprint density at radius 3 is 2.30 bits per heavy atom. The van der Waals surface area contributed by atoms with Crippen molar-refractivity contribution in [3.8, 4) is 16.9 Å². The molecule has 7 heteroatoms. The molecule has 0 radical (unpaired) electrons. The van der Waals surface area contributed by atoms with Crippen LogP contribution in [0.4, 0.5) is 10.5 Å². The quantitative estimate of drug-likeness (QED) is 0.392. The second-order valence-electron chi connectivity index (χ2n) is 8.09. The van der Waals surface area contributed by atoms with E-state index < -0.39 is 18.3 Å². The lowest BCUT2D eigenvalue weighted by Crippen LogP contribution is -2.30. The Labute approximate surface area is 192 Å². The van der Waals surface area contributed by atoms with Gasteiger partial charge in [-0.1, -0.05) is 48.5 Å². The van der Waals surface area contributed by atoms with Crippen LogP contribution >= 0.6 is 0 Å². The molecular weight excluding hydrogens is 420 g/mol. The van der Waals surface area contributed by atoms with E-state index in [0.29, 0.717) is 17.0 Å². The molecule has 1 aliphatic rings. The van der Waals surface area contributed by atoms with E-state index in [1.165, 1.54) is 7.11 Å². The highest BCUT2D eigenvalue weighted by Gasteiger charge is 2.29. The molecule has 7 nitrogen and oxygen atoms in total. The number of nitrogens with one attached hydrogen (secondary N) is 1. The van der Waals surface area contributed by atoms with Crippen LogP contribution in [-0.2, 0) is 4.74 Å². The van der Waals surface area contributed by atoms with Crippen molar-refractivity contribution in [1.29, 1.82) is 0 Å². The number of carbonyl (C=O) groups excluding carboxylic acids is 1. The van der Waals surface area contributed by atoms with Crippen molar-refractivity contribution in [2.75, 3.05) is 26.0 Å². The number of hydrogen-bond acceptors (Lipinski definition) is 6. The van der Waals surface area contributed by atoms with E-state index in [2.05, 4.69) is 29.6 Å². The van der Waals surface area contributed by atoms with Crippen molar-refractivity contribution in [2.45, 2.75) is 24.5 Å². The maximum absolute atomic E-state index is 12.3. The standard InChI is InChI=1S/C26H28N2O5/c1-32-18-13-16(12-17(27)14-18)25(30)24(29)10-11-28-26(31)33-15-23-21-8-4-2-6-19(21)20-7-3-5-9-22(20)23/h2-9,12-14,23-25,29-30H,10-11,15,27H2,1H3,(H,28,31). The average Bonchev–Trinajstić information content (AvgIpc) is 3.15. The molecule has 0 bridgehead atoms. The fourth-order valence-corrected chi connectivity index (χ4v) is 4.29. The van der Waals surface area contributed by atoms with Gasteiger partial charge >= 0.3 is 6.09 Å². The minimum absolute atomic E-state index is 0.0194. The first-order valence-electron chi connectivity index (χ1n) is 10.9. The van der Waals surface area contributed by atoms with Crippen LogP contribution in [0.2, 0.25) is 0 Å². The molecule has 0 saturated carbocycles. The molecule has 0 aliphatic heterocycles. The summed E-state index contributed by atoms with van der Waals surface area (Å²) in [6.45, 7) is 0.364. The molecule has 5 N–H and O–H groups in total. The minimum Gasteiger partial charge on any atom is -0.497 e. The Morgan fingerprint density at radius 2 is 1.67 bits per heavy atom. The first-order valence-corrected chi connectivity index (χ1v) is 10.9. The zero-order valence-electron chi connectivity index (χ0n) is 18.4. The SMILES string of the molecule is COc1cc(N)cc(C(O)C(O)CCNC(=O)OCC2c3ccccc3-c3ccccc32)c1. The summed E-state index contributed by atoms with van der Waals surface area (Å²) in [4.78, 5) is 12.3. The van der Waals surface area contributed by atoms with E-state index in [9.17, 15) is 15.0 Å². The zero-order valence-corrected chi connectivity index (χ0v) is 18.4. The van der Waals surface area contributed by atoms with Crippen LogP contribution in [0.5, 0.6) is 5.75 Å². The number of benzene rings is 3. The highest BCUT2D eigenvalue weighted by molar-refractivity contribution is 5.79. The number of nitrogens with two attached hydrogens (primary N) is 1. The van der Waals surface area contributed by atoms with Crippen molar-refractivity contribution in [2.24, 2.45) is 0 Å². The number of aliphatic hydroxyl groups excluding tert-OH is 2. The summed E-state index contributed by atoms with van der Waals surface area (Å²) >= 11 is 0. The Morgan fingerprint density at radius 1 is 1.03 bits per heavy atom. The van der Waals surface area contributed by atoms with E-state index in [0.717, 1.165) is 22.3 Å². The van der Waals surface area contributed by atoms with Crippen LogP contribution in [0, 0.1) is 0 Å². The first-order chi connectivity index (χ1) is 16.0. The third kappa shape index (κ3) is 4.94. The molecule has 0 heterocycles. The molecule has 1 aliphatic carbocycles. The first kappa shape index (κ1) is 22.6. The van der Waals surface area contributed by atoms with E-state index >= 15 is 0 Å². The van der Waals surface area contributed by atoms with Gasteiger partial charge in [-0.15, -0.1) is 0 Å². The number of aliphatic hydroxyl groups is 2. The lowest BCUT2D eigenvalue weighted by molar-refractivity contribution is 0.0136. The number of anilines is 1. The summed E-state index contributed by atoms with van der Waals surface area (Å²) in [6, 6.07) is 21.1. The summed E-state index contributed by atoms with van der Waals surface area (Å²) in [5, 5.41) is 23.4. The maximum atomic E-state index is 12.3. The lowest BCUT2D eigenvalue weighted by Gasteiger charge is -2.19. The van der Waals surface area contributed by atoms with Gasteiger partial charge in [0.15, 0.2) is 0 Å².